The molecule has 0 saturated carbocycles. The number of aliphatic imine (C=N–C) groups is 1. The van der Waals surface area contributed by atoms with Crippen LogP contribution in [0.1, 0.15) is 33.1 Å². The number of fused-ring (bicyclic) bond motifs is 1. The Morgan fingerprint density at radius 2 is 2.39 bits per heavy atom. The van der Waals surface area contributed by atoms with Crippen molar-refractivity contribution in [3.05, 3.63) is 12.2 Å². The van der Waals surface area contributed by atoms with Gasteiger partial charge in [-0.2, -0.15) is 0 Å². The van der Waals surface area contributed by atoms with Crippen LogP contribution in [0.2, 0.25) is 0 Å². The normalized spacial score (nSPS) is 29.9. The average molecular weight is 269 g/mol. The van der Waals surface area contributed by atoms with Crippen LogP contribution in [0.25, 0.3) is 0 Å². The van der Waals surface area contributed by atoms with Crippen molar-refractivity contribution in [3.63, 3.8) is 0 Å². The van der Waals surface area contributed by atoms with Crippen LogP contribution < -0.4 is 0 Å². The minimum Gasteiger partial charge on any atom is -0.463 e. The zero-order valence-electron chi connectivity index (χ0n) is 10.8. The number of nitrogens with zero attached hydrogens (tertiary/aromatic N) is 1. The summed E-state index contributed by atoms with van der Waals surface area (Å²) in [5, 5.41) is 1.18. The van der Waals surface area contributed by atoms with E-state index < -0.39 is 0 Å². The molecule has 0 spiro atoms. The monoisotopic (exact) mass is 269 g/mol. The summed E-state index contributed by atoms with van der Waals surface area (Å²) >= 11 is 1.71. The van der Waals surface area contributed by atoms with Crippen molar-refractivity contribution >= 4 is 22.8 Å². The third-order valence-corrected chi connectivity index (χ3v) is 4.05. The fraction of sp³-hybridized carbons (Fsp3) is 0.692. The maximum Gasteiger partial charge on any atom is 0.302 e. The van der Waals surface area contributed by atoms with E-state index in [4.69, 9.17) is 9.47 Å². The highest BCUT2D eigenvalue weighted by Gasteiger charge is 2.33. The molecular formula is C13H19NO3S. The Kier molecular flexibility index (Phi) is 4.83. The Morgan fingerprint density at radius 3 is 3.11 bits per heavy atom. The Balaban J connectivity index is 1.82. The van der Waals surface area contributed by atoms with E-state index in [0.29, 0.717) is 6.61 Å². The van der Waals surface area contributed by atoms with Crippen molar-refractivity contribution in [3.8, 4) is 0 Å². The van der Waals surface area contributed by atoms with Crippen molar-refractivity contribution < 1.29 is 14.3 Å². The molecule has 0 N–H and O–H groups in total. The van der Waals surface area contributed by atoms with Gasteiger partial charge in [0.15, 0.2) is 0 Å². The number of hydrogen-bond acceptors (Lipinski definition) is 5. The van der Waals surface area contributed by atoms with Gasteiger partial charge in [0.1, 0.15) is 24.2 Å². The summed E-state index contributed by atoms with van der Waals surface area (Å²) in [6, 6.07) is 0.135. The van der Waals surface area contributed by atoms with Gasteiger partial charge in [-0.05, 0) is 12.8 Å². The number of ether oxygens (including phenoxy) is 2. The summed E-state index contributed by atoms with van der Waals surface area (Å²) in [6.07, 6.45) is 7.26. The van der Waals surface area contributed by atoms with Gasteiger partial charge in [0.05, 0.1) is 5.04 Å². The molecule has 100 valence electrons. The molecule has 0 amide bonds. The minimum atomic E-state index is -0.270. The summed E-state index contributed by atoms with van der Waals surface area (Å²) in [7, 11) is 0. The predicted octanol–water partition coefficient (Wildman–Crippen LogP) is 2.53. The molecule has 2 aliphatic rings. The smallest absolute Gasteiger partial charge is 0.302 e. The Labute approximate surface area is 112 Å². The Bertz CT molecular complexity index is 367. The number of carbonyl (C=O) groups is 1. The standard InChI is InChI=1S/C13H19NO3S/c1-3-4-5-12-14-11-7-6-10(8-16-9(2)15)17-13(11)18-12/h6-7,10-11,13H,3-5,8H2,1-2H3/t10-,11-,13-/m1/s1. The molecule has 0 saturated heterocycles. The van der Waals surface area contributed by atoms with Crippen LogP contribution in [-0.4, -0.2) is 35.2 Å². The van der Waals surface area contributed by atoms with E-state index in [1.54, 1.807) is 11.8 Å². The molecule has 0 unspecified atom stereocenters. The lowest BCUT2D eigenvalue weighted by atomic mass is 10.2. The van der Waals surface area contributed by atoms with Gasteiger partial charge < -0.3 is 9.47 Å². The summed E-state index contributed by atoms with van der Waals surface area (Å²) < 4.78 is 10.8. The van der Waals surface area contributed by atoms with Crippen LogP contribution in [-0.2, 0) is 14.3 Å². The van der Waals surface area contributed by atoms with Gasteiger partial charge in [0, 0.05) is 6.92 Å². The van der Waals surface area contributed by atoms with Gasteiger partial charge in [0.25, 0.3) is 0 Å². The number of hydrogen-bond donors (Lipinski definition) is 0. The number of thioether (sulfide) groups is 1. The summed E-state index contributed by atoms with van der Waals surface area (Å²) in [5.41, 5.74) is 0.0578. The number of unbranched alkanes of at least 4 members (excludes halogenated alkanes) is 1. The molecule has 2 aliphatic heterocycles. The third-order valence-electron chi connectivity index (χ3n) is 2.85. The second-order valence-electron chi connectivity index (χ2n) is 4.47. The lowest BCUT2D eigenvalue weighted by Gasteiger charge is -2.25. The summed E-state index contributed by atoms with van der Waals surface area (Å²) in [6.45, 7) is 3.88. The maximum absolute atomic E-state index is 10.8. The largest absolute Gasteiger partial charge is 0.463 e. The Morgan fingerprint density at radius 1 is 1.56 bits per heavy atom. The van der Waals surface area contributed by atoms with Crippen molar-refractivity contribution in [2.24, 2.45) is 4.99 Å². The molecule has 0 bridgehead atoms. The molecule has 0 aromatic heterocycles. The topological polar surface area (TPSA) is 47.9 Å². The van der Waals surface area contributed by atoms with Gasteiger partial charge in [-0.15, -0.1) is 0 Å². The Hall–Kier alpha value is -0.810. The molecule has 0 aliphatic carbocycles. The van der Waals surface area contributed by atoms with Crippen LogP contribution in [0.4, 0.5) is 0 Å². The van der Waals surface area contributed by atoms with E-state index in [0.717, 1.165) is 6.42 Å². The molecule has 3 atom stereocenters. The fourth-order valence-corrected chi connectivity index (χ4v) is 3.11. The third kappa shape index (κ3) is 3.59. The molecule has 2 heterocycles. The summed E-state index contributed by atoms with van der Waals surface area (Å²) in [4.78, 5) is 15.4. The lowest BCUT2D eigenvalue weighted by molar-refractivity contribution is -0.144. The molecule has 0 radical (unpaired) electrons. The van der Waals surface area contributed by atoms with E-state index in [1.807, 2.05) is 6.08 Å². The number of carbonyl (C=O) groups excluding carboxylic acids is 1. The molecular weight excluding hydrogens is 250 g/mol. The van der Waals surface area contributed by atoms with Crippen molar-refractivity contribution in [2.75, 3.05) is 6.61 Å². The second kappa shape index (κ2) is 6.38. The van der Waals surface area contributed by atoms with Crippen molar-refractivity contribution in [1.82, 2.24) is 0 Å². The van der Waals surface area contributed by atoms with Gasteiger partial charge in [0.2, 0.25) is 0 Å². The predicted molar refractivity (Wildman–Crippen MR) is 72.8 cm³/mol. The van der Waals surface area contributed by atoms with Gasteiger partial charge in [-0.3, -0.25) is 9.79 Å². The van der Waals surface area contributed by atoms with Crippen LogP contribution in [0.5, 0.6) is 0 Å². The average Bonchev–Trinajstić information content (AvgIpc) is 2.75. The number of rotatable bonds is 5. The van der Waals surface area contributed by atoms with Gasteiger partial charge in [-0.1, -0.05) is 37.3 Å². The van der Waals surface area contributed by atoms with Gasteiger partial charge >= 0.3 is 5.97 Å². The van der Waals surface area contributed by atoms with E-state index in [9.17, 15) is 4.79 Å². The SMILES string of the molecule is CCCCC1=N[C@@H]2C=C[C@H](COC(C)=O)O[C@@H]2S1. The van der Waals surface area contributed by atoms with E-state index in [-0.39, 0.29) is 23.6 Å². The van der Waals surface area contributed by atoms with Crippen LogP contribution in [0, 0.1) is 0 Å². The zero-order valence-corrected chi connectivity index (χ0v) is 11.6. The second-order valence-corrected chi connectivity index (χ2v) is 5.64. The fourth-order valence-electron chi connectivity index (χ4n) is 1.90. The molecule has 18 heavy (non-hydrogen) atoms. The van der Waals surface area contributed by atoms with Crippen LogP contribution in [0.15, 0.2) is 17.1 Å². The van der Waals surface area contributed by atoms with E-state index in [2.05, 4.69) is 18.0 Å². The highest BCUT2D eigenvalue weighted by molar-refractivity contribution is 8.14. The molecule has 0 aromatic rings. The molecule has 0 aromatic carbocycles. The highest BCUT2D eigenvalue weighted by Crippen LogP contribution is 2.34. The quantitative estimate of drug-likeness (QED) is 0.568. The van der Waals surface area contributed by atoms with Crippen molar-refractivity contribution in [2.45, 2.75) is 50.7 Å². The molecule has 5 heteroatoms. The highest BCUT2D eigenvalue weighted by atomic mass is 32.2. The first-order valence-corrected chi connectivity index (χ1v) is 7.27. The first-order chi connectivity index (χ1) is 8.69. The first kappa shape index (κ1) is 13.6. The van der Waals surface area contributed by atoms with E-state index in [1.165, 1.54) is 24.8 Å². The first-order valence-electron chi connectivity index (χ1n) is 6.39. The van der Waals surface area contributed by atoms with Gasteiger partial charge in [-0.25, -0.2) is 0 Å². The lowest BCUT2D eigenvalue weighted by Crippen LogP contribution is -2.32. The maximum atomic E-state index is 10.8. The number of esters is 1. The van der Waals surface area contributed by atoms with E-state index >= 15 is 0 Å². The zero-order chi connectivity index (χ0) is 13.0. The molecule has 2 rings (SSSR count). The van der Waals surface area contributed by atoms with Crippen LogP contribution in [0.3, 0.4) is 0 Å². The minimum absolute atomic E-state index is 0.0578. The molecule has 4 nitrogen and oxygen atoms in total. The van der Waals surface area contributed by atoms with Crippen LogP contribution >= 0.6 is 11.8 Å². The summed E-state index contributed by atoms with van der Waals surface area (Å²) in [5.74, 6) is -0.270. The molecule has 0 fully saturated rings. The van der Waals surface area contributed by atoms with Crippen molar-refractivity contribution in [1.29, 1.82) is 0 Å².